The Hall–Kier alpha value is -0.650. The van der Waals surface area contributed by atoms with Gasteiger partial charge in [0.25, 0.3) is 0 Å². The Labute approximate surface area is 116 Å². The van der Waals surface area contributed by atoms with Crippen molar-refractivity contribution in [2.75, 3.05) is 47.1 Å². The van der Waals surface area contributed by atoms with Crippen molar-refractivity contribution in [2.45, 2.75) is 32.2 Å². The van der Waals surface area contributed by atoms with Gasteiger partial charge in [0.05, 0.1) is 6.61 Å². The van der Waals surface area contributed by atoms with E-state index in [4.69, 9.17) is 9.47 Å². The first-order valence-electron chi connectivity index (χ1n) is 7.19. The minimum Gasteiger partial charge on any atom is -0.385 e. The molecule has 0 aromatic heterocycles. The van der Waals surface area contributed by atoms with Crippen molar-refractivity contribution < 1.29 is 14.3 Å². The van der Waals surface area contributed by atoms with Gasteiger partial charge in [0.2, 0.25) is 5.91 Å². The van der Waals surface area contributed by atoms with Crippen LogP contribution in [0.2, 0.25) is 0 Å². The fraction of sp³-hybridized carbons (Fsp3) is 0.929. The fourth-order valence-electron chi connectivity index (χ4n) is 2.55. The van der Waals surface area contributed by atoms with Crippen molar-refractivity contribution in [3.8, 4) is 0 Å². The monoisotopic (exact) mass is 272 g/mol. The third kappa shape index (κ3) is 5.89. The number of hydrogen-bond donors (Lipinski definition) is 1. The van der Waals surface area contributed by atoms with Crippen molar-refractivity contribution in [1.82, 2.24) is 10.2 Å². The highest BCUT2D eigenvalue weighted by Crippen LogP contribution is 2.19. The topological polar surface area (TPSA) is 50.8 Å². The largest absolute Gasteiger partial charge is 0.385 e. The van der Waals surface area contributed by atoms with Gasteiger partial charge in [-0.2, -0.15) is 0 Å². The van der Waals surface area contributed by atoms with Gasteiger partial charge < -0.3 is 19.7 Å². The highest BCUT2D eigenvalue weighted by molar-refractivity contribution is 5.79. The zero-order valence-electron chi connectivity index (χ0n) is 12.5. The first-order chi connectivity index (χ1) is 9.19. The van der Waals surface area contributed by atoms with Crippen LogP contribution in [0.3, 0.4) is 0 Å². The molecule has 1 aliphatic heterocycles. The molecule has 5 heteroatoms. The van der Waals surface area contributed by atoms with Crippen molar-refractivity contribution in [1.29, 1.82) is 0 Å². The molecule has 1 amide bonds. The first kappa shape index (κ1) is 16.4. The van der Waals surface area contributed by atoms with E-state index < -0.39 is 0 Å². The van der Waals surface area contributed by atoms with Crippen LogP contribution < -0.4 is 5.32 Å². The SMILES string of the molecule is COCCCN(CCOC)C(=O)C1CCNC(C)C1. The molecule has 1 N–H and O–H groups in total. The van der Waals surface area contributed by atoms with E-state index in [0.29, 0.717) is 25.8 Å². The molecule has 2 atom stereocenters. The molecule has 19 heavy (non-hydrogen) atoms. The number of methoxy groups -OCH3 is 2. The lowest BCUT2D eigenvalue weighted by Gasteiger charge is -2.32. The zero-order valence-corrected chi connectivity index (χ0v) is 12.5. The van der Waals surface area contributed by atoms with Crippen LogP contribution in [-0.4, -0.2) is 63.9 Å². The number of amides is 1. The van der Waals surface area contributed by atoms with E-state index in [1.807, 2.05) is 4.90 Å². The maximum Gasteiger partial charge on any atom is 0.225 e. The van der Waals surface area contributed by atoms with Crippen LogP contribution in [0.5, 0.6) is 0 Å². The summed E-state index contributed by atoms with van der Waals surface area (Å²) in [6.45, 7) is 5.81. The van der Waals surface area contributed by atoms with Crippen molar-refractivity contribution in [3.63, 3.8) is 0 Å². The van der Waals surface area contributed by atoms with Crippen LogP contribution in [0.4, 0.5) is 0 Å². The Morgan fingerprint density at radius 2 is 2.00 bits per heavy atom. The van der Waals surface area contributed by atoms with Gasteiger partial charge in [-0.05, 0) is 32.7 Å². The molecule has 0 aliphatic carbocycles. The van der Waals surface area contributed by atoms with E-state index in [0.717, 1.165) is 32.4 Å². The second-order valence-corrected chi connectivity index (χ2v) is 5.24. The second-order valence-electron chi connectivity index (χ2n) is 5.24. The molecule has 0 bridgehead atoms. The molecule has 2 unspecified atom stereocenters. The molecular formula is C14H28N2O3. The first-order valence-corrected chi connectivity index (χ1v) is 7.19. The maximum atomic E-state index is 12.5. The summed E-state index contributed by atoms with van der Waals surface area (Å²) in [5.41, 5.74) is 0. The van der Waals surface area contributed by atoms with Gasteiger partial charge in [-0.1, -0.05) is 0 Å². The molecule has 1 rings (SSSR count). The van der Waals surface area contributed by atoms with E-state index in [-0.39, 0.29) is 11.8 Å². The Balaban J connectivity index is 2.48. The third-order valence-electron chi connectivity index (χ3n) is 3.63. The lowest BCUT2D eigenvalue weighted by Crippen LogP contribution is -2.45. The van der Waals surface area contributed by atoms with Gasteiger partial charge in [-0.25, -0.2) is 0 Å². The third-order valence-corrected chi connectivity index (χ3v) is 3.63. The van der Waals surface area contributed by atoms with E-state index in [1.165, 1.54) is 0 Å². The Morgan fingerprint density at radius 1 is 1.26 bits per heavy atom. The molecule has 112 valence electrons. The molecule has 0 aromatic rings. The smallest absolute Gasteiger partial charge is 0.225 e. The number of rotatable bonds is 8. The van der Waals surface area contributed by atoms with Crippen molar-refractivity contribution >= 4 is 5.91 Å². The number of piperidine rings is 1. The van der Waals surface area contributed by atoms with E-state index in [1.54, 1.807) is 14.2 Å². The lowest BCUT2D eigenvalue weighted by atomic mass is 9.92. The molecule has 1 heterocycles. The molecule has 0 radical (unpaired) electrons. The normalized spacial score (nSPS) is 23.3. The van der Waals surface area contributed by atoms with Crippen LogP contribution in [0.25, 0.3) is 0 Å². The van der Waals surface area contributed by atoms with Gasteiger partial charge in [-0.3, -0.25) is 4.79 Å². The Bertz CT molecular complexity index is 261. The van der Waals surface area contributed by atoms with E-state index in [9.17, 15) is 4.79 Å². The molecule has 0 spiro atoms. The Morgan fingerprint density at radius 3 is 2.63 bits per heavy atom. The molecule has 1 saturated heterocycles. The summed E-state index contributed by atoms with van der Waals surface area (Å²) in [4.78, 5) is 14.5. The predicted octanol–water partition coefficient (Wildman–Crippen LogP) is 0.886. The molecule has 5 nitrogen and oxygen atoms in total. The van der Waals surface area contributed by atoms with Gasteiger partial charge in [0.15, 0.2) is 0 Å². The van der Waals surface area contributed by atoms with Crippen molar-refractivity contribution in [3.05, 3.63) is 0 Å². The van der Waals surface area contributed by atoms with Gasteiger partial charge in [0.1, 0.15) is 0 Å². The quantitative estimate of drug-likeness (QED) is 0.667. The van der Waals surface area contributed by atoms with Gasteiger partial charge in [-0.15, -0.1) is 0 Å². The number of carbonyl (C=O) groups excluding carboxylic acids is 1. The Kier molecular flexibility index (Phi) is 8.02. The summed E-state index contributed by atoms with van der Waals surface area (Å²) in [7, 11) is 3.36. The number of carbonyl (C=O) groups is 1. The summed E-state index contributed by atoms with van der Waals surface area (Å²) in [5.74, 6) is 0.442. The number of nitrogens with one attached hydrogen (secondary N) is 1. The van der Waals surface area contributed by atoms with E-state index >= 15 is 0 Å². The molecule has 1 fully saturated rings. The summed E-state index contributed by atoms with van der Waals surface area (Å²) in [6.07, 6.45) is 2.76. The van der Waals surface area contributed by atoms with Crippen LogP contribution in [-0.2, 0) is 14.3 Å². The molecular weight excluding hydrogens is 244 g/mol. The maximum absolute atomic E-state index is 12.5. The van der Waals surface area contributed by atoms with Gasteiger partial charge in [0, 0.05) is 45.9 Å². The summed E-state index contributed by atoms with van der Waals surface area (Å²) < 4.78 is 10.2. The highest BCUT2D eigenvalue weighted by atomic mass is 16.5. The zero-order chi connectivity index (χ0) is 14.1. The van der Waals surface area contributed by atoms with Crippen LogP contribution in [0.15, 0.2) is 0 Å². The summed E-state index contributed by atoms with van der Waals surface area (Å²) >= 11 is 0. The van der Waals surface area contributed by atoms with Crippen LogP contribution in [0.1, 0.15) is 26.2 Å². The predicted molar refractivity (Wildman–Crippen MR) is 75.1 cm³/mol. The van der Waals surface area contributed by atoms with Gasteiger partial charge >= 0.3 is 0 Å². The summed E-state index contributed by atoms with van der Waals surface area (Å²) in [5, 5.41) is 3.39. The van der Waals surface area contributed by atoms with Crippen molar-refractivity contribution in [2.24, 2.45) is 5.92 Å². The standard InChI is InChI=1S/C14H28N2O3/c1-12-11-13(5-6-15-12)14(17)16(8-10-19-3)7-4-9-18-2/h12-13,15H,4-11H2,1-3H3. The highest BCUT2D eigenvalue weighted by Gasteiger charge is 2.28. The fourth-order valence-corrected chi connectivity index (χ4v) is 2.55. The average molecular weight is 272 g/mol. The second kappa shape index (κ2) is 9.28. The lowest BCUT2D eigenvalue weighted by molar-refractivity contribution is -0.137. The summed E-state index contributed by atoms with van der Waals surface area (Å²) in [6, 6.07) is 0.436. The minimum absolute atomic E-state index is 0.163. The average Bonchev–Trinajstić information content (AvgIpc) is 2.42. The molecule has 1 aliphatic rings. The minimum atomic E-state index is 0.163. The number of nitrogens with zero attached hydrogens (tertiary/aromatic N) is 1. The molecule has 0 aromatic carbocycles. The van der Waals surface area contributed by atoms with Crippen LogP contribution in [0, 0.1) is 5.92 Å². The number of hydrogen-bond acceptors (Lipinski definition) is 4. The number of ether oxygens (including phenoxy) is 2. The van der Waals surface area contributed by atoms with E-state index in [2.05, 4.69) is 12.2 Å². The molecule has 0 saturated carbocycles. The van der Waals surface area contributed by atoms with Crippen LogP contribution >= 0.6 is 0 Å².